The molecule has 0 radical (unpaired) electrons. The molecule has 1 aliphatic rings. The van der Waals surface area contributed by atoms with Gasteiger partial charge in [-0.25, -0.2) is 0 Å². The highest BCUT2D eigenvalue weighted by Crippen LogP contribution is 2.36. The highest BCUT2D eigenvalue weighted by Gasteiger charge is 2.25. The first-order valence-electron chi connectivity index (χ1n) is 24.7. The molecule has 3 unspecified atom stereocenters. The lowest BCUT2D eigenvalue weighted by Gasteiger charge is -2.31. The zero-order valence-electron chi connectivity index (χ0n) is 36.9. The van der Waals surface area contributed by atoms with E-state index in [4.69, 9.17) is 0 Å². The molecule has 0 spiro atoms. The third kappa shape index (κ3) is 36.2. The van der Waals surface area contributed by atoms with Crippen molar-refractivity contribution >= 4 is 0 Å². The van der Waals surface area contributed by atoms with Crippen molar-refractivity contribution in [2.24, 2.45) is 17.8 Å². The molecule has 0 aromatic carbocycles. The van der Waals surface area contributed by atoms with Crippen LogP contribution in [0.5, 0.6) is 0 Å². The van der Waals surface area contributed by atoms with Gasteiger partial charge in [-0.05, 0) is 69.1 Å². The van der Waals surface area contributed by atoms with E-state index in [1.54, 1.807) is 0 Å². The van der Waals surface area contributed by atoms with Gasteiger partial charge in [-0.15, -0.1) is 6.58 Å². The first-order chi connectivity index (χ1) is 25.7. The Morgan fingerprint density at radius 3 is 1.37 bits per heavy atom. The van der Waals surface area contributed by atoms with Gasteiger partial charge in [0.15, 0.2) is 0 Å². The van der Waals surface area contributed by atoms with Crippen LogP contribution in [-0.4, -0.2) is 0 Å². The molecule has 1 rings (SSSR count). The van der Waals surface area contributed by atoms with Crippen molar-refractivity contribution in [2.45, 2.75) is 278 Å². The van der Waals surface area contributed by atoms with Crippen molar-refractivity contribution in [2.75, 3.05) is 0 Å². The fourth-order valence-electron chi connectivity index (χ4n) is 8.50. The van der Waals surface area contributed by atoms with Crippen LogP contribution in [0.25, 0.3) is 0 Å². The molecule has 0 saturated carbocycles. The highest BCUT2D eigenvalue weighted by atomic mass is 14.3. The minimum Gasteiger partial charge on any atom is -0.103 e. The van der Waals surface area contributed by atoms with Crippen molar-refractivity contribution < 1.29 is 0 Å². The maximum absolute atomic E-state index is 3.55. The molecule has 52 heavy (non-hydrogen) atoms. The summed E-state index contributed by atoms with van der Waals surface area (Å²) >= 11 is 0. The molecule has 1 aliphatic carbocycles. The molecule has 0 nitrogen and oxygen atoms in total. The monoisotopic (exact) mass is 725 g/mol. The van der Waals surface area contributed by atoms with E-state index in [-0.39, 0.29) is 0 Å². The van der Waals surface area contributed by atoms with Crippen LogP contribution in [0.4, 0.5) is 0 Å². The summed E-state index contributed by atoms with van der Waals surface area (Å²) in [5, 5.41) is 0. The molecular weight excluding hydrogens is 625 g/mol. The van der Waals surface area contributed by atoms with Gasteiger partial charge in [0.2, 0.25) is 0 Å². The molecule has 0 aromatic heterocycles. The smallest absolute Gasteiger partial charge is 0.0142 e. The average molecular weight is 725 g/mol. The number of allylic oxidation sites excluding steroid dienone is 5. The molecule has 0 heteroatoms. The third-order valence-corrected chi connectivity index (χ3v) is 12.0. The Bertz CT molecular complexity index is 714. The Hall–Kier alpha value is -0.780. The maximum Gasteiger partial charge on any atom is -0.0142 e. The molecule has 0 N–H and O–H groups in total. The van der Waals surface area contributed by atoms with Crippen molar-refractivity contribution in [1.82, 2.24) is 0 Å². The van der Waals surface area contributed by atoms with E-state index < -0.39 is 0 Å². The van der Waals surface area contributed by atoms with E-state index in [0.29, 0.717) is 0 Å². The van der Waals surface area contributed by atoms with Crippen molar-refractivity contribution in [1.29, 1.82) is 0 Å². The summed E-state index contributed by atoms with van der Waals surface area (Å²) in [6.45, 7) is 12.7. The van der Waals surface area contributed by atoms with Crippen LogP contribution in [0.3, 0.4) is 0 Å². The van der Waals surface area contributed by atoms with E-state index in [1.807, 2.05) is 6.08 Å². The van der Waals surface area contributed by atoms with Gasteiger partial charge in [0, 0.05) is 0 Å². The summed E-state index contributed by atoms with van der Waals surface area (Å²) < 4.78 is 0. The third-order valence-electron chi connectivity index (χ3n) is 12.0. The van der Waals surface area contributed by atoms with E-state index in [9.17, 15) is 0 Å². The van der Waals surface area contributed by atoms with Gasteiger partial charge in [-0.2, -0.15) is 0 Å². The average Bonchev–Trinajstić information content (AvgIpc) is 3.15. The van der Waals surface area contributed by atoms with Gasteiger partial charge in [0.1, 0.15) is 0 Å². The molecule has 0 aliphatic heterocycles. The van der Waals surface area contributed by atoms with Gasteiger partial charge in [-0.1, -0.05) is 257 Å². The molecule has 0 heterocycles. The number of hydrogen-bond acceptors (Lipinski definition) is 0. The van der Waals surface area contributed by atoms with Crippen molar-refractivity contribution in [3.05, 3.63) is 37.0 Å². The Morgan fingerprint density at radius 2 is 0.904 bits per heavy atom. The van der Waals surface area contributed by atoms with E-state index in [0.717, 1.165) is 24.2 Å². The Morgan fingerprint density at radius 1 is 0.481 bits per heavy atom. The van der Waals surface area contributed by atoms with Gasteiger partial charge < -0.3 is 0 Å². The highest BCUT2D eigenvalue weighted by molar-refractivity contribution is 5.02. The summed E-state index contributed by atoms with van der Waals surface area (Å²) in [6.07, 6.45) is 68.4. The Kier molecular flexibility index (Phi) is 43.9. The summed E-state index contributed by atoms with van der Waals surface area (Å²) in [6, 6.07) is 0. The standard InChI is InChI=1S/C47H90.C5H10/c1-4-7-10-13-15-25-28-32-37-42-46-43-38-33-29-26-23-21-19-17-16-18-20-22-24-27-30-34-39-44-47(46)45(40-35-12-9-6-3)41-36-31-14-11-8-5-2;1-3-5-4-2/h37,39,42,44-47H,4-36,38,40-41,43H2,1-3H3;3H,1,4-5H2,2H3/b42-37-,44-39-;. The van der Waals surface area contributed by atoms with Gasteiger partial charge >= 0.3 is 0 Å². The predicted molar refractivity (Wildman–Crippen MR) is 242 cm³/mol. The summed E-state index contributed by atoms with van der Waals surface area (Å²) in [5.74, 6) is 2.39. The molecule has 0 fully saturated rings. The van der Waals surface area contributed by atoms with Gasteiger partial charge in [-0.3, -0.25) is 0 Å². The summed E-state index contributed by atoms with van der Waals surface area (Å²) in [4.78, 5) is 0. The molecule has 0 aromatic rings. The van der Waals surface area contributed by atoms with Crippen LogP contribution >= 0.6 is 0 Å². The molecule has 308 valence electrons. The lowest BCUT2D eigenvalue weighted by molar-refractivity contribution is 0.257. The fourth-order valence-corrected chi connectivity index (χ4v) is 8.50. The Balaban J connectivity index is 0.00000484. The van der Waals surface area contributed by atoms with Crippen LogP contribution in [0.2, 0.25) is 0 Å². The normalized spacial score (nSPS) is 20.4. The molecular formula is C52H100. The second kappa shape index (κ2) is 44.6. The lowest BCUT2D eigenvalue weighted by Crippen LogP contribution is -2.22. The zero-order valence-corrected chi connectivity index (χ0v) is 36.9. The quantitative estimate of drug-likeness (QED) is 0.0687. The minimum atomic E-state index is 0.751. The van der Waals surface area contributed by atoms with Crippen molar-refractivity contribution in [3.8, 4) is 0 Å². The fraction of sp³-hybridized carbons (Fsp3) is 0.885. The first-order valence-corrected chi connectivity index (χ1v) is 24.7. The first kappa shape index (κ1) is 51.2. The maximum atomic E-state index is 3.55. The second-order valence-electron chi connectivity index (χ2n) is 17.1. The zero-order chi connectivity index (χ0) is 37.8. The number of hydrogen-bond donors (Lipinski definition) is 0. The topological polar surface area (TPSA) is 0 Å². The number of rotatable bonds is 24. The van der Waals surface area contributed by atoms with E-state index in [1.165, 1.54) is 244 Å². The Labute approximate surface area is 331 Å². The molecule has 0 bridgehead atoms. The van der Waals surface area contributed by atoms with Crippen LogP contribution in [0.1, 0.15) is 278 Å². The number of unbranched alkanes of at least 4 members (excludes halogenated alkanes) is 16. The summed E-state index contributed by atoms with van der Waals surface area (Å²) in [7, 11) is 0. The van der Waals surface area contributed by atoms with Gasteiger partial charge in [0.25, 0.3) is 0 Å². The van der Waals surface area contributed by atoms with E-state index in [2.05, 4.69) is 58.6 Å². The molecule has 0 amide bonds. The molecule has 0 saturated heterocycles. The lowest BCUT2D eigenvalue weighted by atomic mass is 9.74. The summed E-state index contributed by atoms with van der Waals surface area (Å²) in [5.41, 5.74) is 0. The molecule has 3 atom stereocenters. The predicted octanol–water partition coefficient (Wildman–Crippen LogP) is 19.4. The minimum absolute atomic E-state index is 0.751. The van der Waals surface area contributed by atoms with Crippen LogP contribution in [0.15, 0.2) is 37.0 Å². The SMILES string of the molecule is C=CCCC.CCCCCCCCC/C=C\C1CCCCCCCCCCCCCCCCC/C=C\C1C(CCCCCC)CCCCCCCC. The van der Waals surface area contributed by atoms with Crippen molar-refractivity contribution in [3.63, 3.8) is 0 Å². The second-order valence-corrected chi connectivity index (χ2v) is 17.1. The van der Waals surface area contributed by atoms with Gasteiger partial charge in [0.05, 0.1) is 0 Å². The largest absolute Gasteiger partial charge is 0.103 e. The van der Waals surface area contributed by atoms with Crippen LogP contribution in [-0.2, 0) is 0 Å². The van der Waals surface area contributed by atoms with E-state index >= 15 is 0 Å². The van der Waals surface area contributed by atoms with Crippen LogP contribution < -0.4 is 0 Å². The van der Waals surface area contributed by atoms with Crippen LogP contribution in [0, 0.1) is 17.8 Å².